The lowest BCUT2D eigenvalue weighted by Crippen LogP contribution is -2.17. The second-order valence-electron chi connectivity index (χ2n) is 11.8. The first kappa shape index (κ1) is 40.4. The first-order chi connectivity index (χ1) is 19.8. The van der Waals surface area contributed by atoms with Crippen molar-refractivity contribution in [1.29, 1.82) is 0 Å². The zero-order valence-corrected chi connectivity index (χ0v) is 28.9. The summed E-state index contributed by atoms with van der Waals surface area (Å²) in [6.07, 6.45) is 4.55. The topological polar surface area (TPSA) is 99.6 Å². The highest BCUT2D eigenvalue weighted by Gasteiger charge is 2.15. The quantitative estimate of drug-likeness (QED) is 0.186. The smallest absolute Gasteiger partial charge is 0.264 e. The van der Waals surface area contributed by atoms with Crippen molar-refractivity contribution in [3.05, 3.63) is 99.8 Å². The van der Waals surface area contributed by atoms with Crippen LogP contribution in [-0.4, -0.2) is 51.0 Å². The van der Waals surface area contributed by atoms with Crippen LogP contribution in [0.15, 0.2) is 73.1 Å². The number of nitrogens with zero attached hydrogens (tertiary/aromatic N) is 1. The minimum Gasteiger partial charge on any atom is -0.381 e. The fourth-order valence-electron chi connectivity index (χ4n) is 2.69. The predicted molar refractivity (Wildman–Crippen MR) is 177 cm³/mol. The largest absolute Gasteiger partial charge is 0.381 e. The molecule has 0 saturated carbocycles. The van der Waals surface area contributed by atoms with Crippen molar-refractivity contribution in [2.75, 3.05) is 26.1 Å². The minimum atomic E-state index is -3.26. The van der Waals surface area contributed by atoms with Crippen LogP contribution in [0.5, 0.6) is 0 Å². The number of carbonyl (C=O) groups is 2. The molecule has 43 heavy (non-hydrogen) atoms. The molecule has 1 aromatic heterocycles. The molecular formula is C33H45Cl2NO6S. The van der Waals surface area contributed by atoms with Gasteiger partial charge in [0.05, 0.1) is 24.5 Å². The first-order valence-corrected chi connectivity index (χ1v) is 16.2. The number of ether oxygens (including phenoxy) is 1. The predicted octanol–water partition coefficient (Wildman–Crippen LogP) is 8.59. The van der Waals surface area contributed by atoms with E-state index in [9.17, 15) is 18.0 Å². The van der Waals surface area contributed by atoms with Crippen molar-refractivity contribution in [1.82, 2.24) is 4.98 Å². The SMILES string of the molecule is CC(=O)c1ccc(C(=O)c2cc(Cl)ccc2Cl)cc1.CC(C)(C)COS(C)(=O)=O.CCOCC(C)(C)C.c1ccncc1. The highest BCUT2D eigenvalue weighted by atomic mass is 35.5. The van der Waals surface area contributed by atoms with E-state index in [0.717, 1.165) is 19.5 Å². The van der Waals surface area contributed by atoms with Gasteiger partial charge < -0.3 is 4.74 Å². The Morgan fingerprint density at radius 1 is 0.814 bits per heavy atom. The zero-order valence-electron chi connectivity index (χ0n) is 26.6. The Kier molecular flexibility index (Phi) is 18.4. The van der Waals surface area contributed by atoms with Gasteiger partial charge in [-0.1, -0.05) is 95.1 Å². The molecule has 0 spiro atoms. The van der Waals surface area contributed by atoms with E-state index in [4.69, 9.17) is 27.9 Å². The molecule has 3 aromatic rings. The highest BCUT2D eigenvalue weighted by Crippen LogP contribution is 2.23. The third-order valence-electron chi connectivity index (χ3n) is 4.74. The average Bonchev–Trinajstić information content (AvgIpc) is 2.93. The van der Waals surface area contributed by atoms with Gasteiger partial charge in [0.1, 0.15) is 0 Å². The maximum atomic E-state index is 12.3. The summed E-state index contributed by atoms with van der Waals surface area (Å²) >= 11 is 11.8. The molecule has 0 saturated heterocycles. The molecule has 0 fully saturated rings. The third-order valence-corrected chi connectivity index (χ3v) is 5.85. The summed E-state index contributed by atoms with van der Waals surface area (Å²) in [5.74, 6) is -0.262. The number of halogens is 2. The van der Waals surface area contributed by atoms with Crippen molar-refractivity contribution < 1.29 is 26.9 Å². The Labute approximate surface area is 268 Å². The third kappa shape index (κ3) is 21.7. The summed E-state index contributed by atoms with van der Waals surface area (Å²) < 4.78 is 30.7. The van der Waals surface area contributed by atoms with Gasteiger partial charge >= 0.3 is 0 Å². The van der Waals surface area contributed by atoms with Gasteiger partial charge in [0.25, 0.3) is 10.1 Å². The van der Waals surface area contributed by atoms with Crippen molar-refractivity contribution in [2.45, 2.75) is 55.4 Å². The molecule has 2 aromatic carbocycles. The average molecular weight is 655 g/mol. The van der Waals surface area contributed by atoms with Crippen LogP contribution in [0.1, 0.15) is 81.7 Å². The van der Waals surface area contributed by atoms with Gasteiger partial charge in [0, 0.05) is 40.7 Å². The van der Waals surface area contributed by atoms with Crippen molar-refractivity contribution in [3.8, 4) is 0 Å². The minimum absolute atomic E-state index is 0.0419. The highest BCUT2D eigenvalue weighted by molar-refractivity contribution is 7.85. The lowest BCUT2D eigenvalue weighted by molar-refractivity contribution is 0.0805. The molecular weight excluding hydrogens is 609 g/mol. The zero-order chi connectivity index (χ0) is 33.3. The summed E-state index contributed by atoms with van der Waals surface area (Å²) in [6, 6.07) is 16.9. The fourth-order valence-corrected chi connectivity index (χ4v) is 3.63. The van der Waals surface area contributed by atoms with Gasteiger partial charge in [-0.2, -0.15) is 8.42 Å². The van der Waals surface area contributed by atoms with E-state index < -0.39 is 10.1 Å². The van der Waals surface area contributed by atoms with E-state index in [1.807, 2.05) is 45.9 Å². The summed E-state index contributed by atoms with van der Waals surface area (Å²) in [7, 11) is -3.26. The first-order valence-electron chi connectivity index (χ1n) is 13.6. The molecule has 0 unspecified atom stereocenters. The van der Waals surface area contributed by atoms with Crippen LogP contribution in [0.2, 0.25) is 10.0 Å². The van der Waals surface area contributed by atoms with Gasteiger partial charge in [-0.15, -0.1) is 0 Å². The Morgan fingerprint density at radius 2 is 1.33 bits per heavy atom. The molecule has 0 amide bonds. The van der Waals surface area contributed by atoms with E-state index in [1.165, 1.54) is 13.0 Å². The number of carbonyl (C=O) groups excluding carboxylic acids is 2. The molecule has 0 radical (unpaired) electrons. The lowest BCUT2D eigenvalue weighted by Gasteiger charge is -2.16. The van der Waals surface area contributed by atoms with E-state index in [0.29, 0.717) is 32.2 Å². The molecule has 0 aliphatic carbocycles. The van der Waals surface area contributed by atoms with Crippen LogP contribution in [-0.2, 0) is 19.0 Å². The van der Waals surface area contributed by atoms with Crippen LogP contribution >= 0.6 is 23.2 Å². The maximum Gasteiger partial charge on any atom is 0.264 e. The number of pyridine rings is 1. The standard InChI is InChI=1S/C15H10Cl2O2.C7H16O.C6H14O3S.C5H5N/c1-9(18)10-2-4-11(5-3-10)15(19)13-8-12(16)6-7-14(13)17;1-5-8-6-7(2,3)4;1-6(2,3)5-9-10(4,7)8;1-2-4-6-5-3-1/h2-8H,1H3;5-6H2,1-4H3;5H2,1-4H3;1-5H. The monoisotopic (exact) mass is 653 g/mol. The Bertz CT molecular complexity index is 1320. The molecule has 238 valence electrons. The number of rotatable bonds is 7. The van der Waals surface area contributed by atoms with Gasteiger partial charge in [-0.25, -0.2) is 0 Å². The van der Waals surface area contributed by atoms with Crippen LogP contribution in [0.3, 0.4) is 0 Å². The molecule has 0 aliphatic rings. The van der Waals surface area contributed by atoms with E-state index in [1.54, 1.807) is 48.8 Å². The molecule has 0 aliphatic heterocycles. The second kappa shape index (κ2) is 19.6. The molecule has 3 rings (SSSR count). The fraction of sp³-hybridized carbons (Fsp3) is 0.424. The number of Topliss-reactive ketones (excluding diaryl/α,β-unsaturated/α-hetero) is 1. The Balaban J connectivity index is 0.000000617. The van der Waals surface area contributed by atoms with E-state index >= 15 is 0 Å². The number of benzene rings is 2. The summed E-state index contributed by atoms with van der Waals surface area (Å²) in [6.45, 7) is 17.7. The van der Waals surface area contributed by atoms with Gasteiger partial charge in [-0.3, -0.25) is 18.8 Å². The summed E-state index contributed by atoms with van der Waals surface area (Å²) in [4.78, 5) is 27.2. The molecule has 0 bridgehead atoms. The van der Waals surface area contributed by atoms with Gasteiger partial charge in [0.2, 0.25) is 0 Å². The number of ketones is 2. The maximum absolute atomic E-state index is 12.3. The van der Waals surface area contributed by atoms with Crippen molar-refractivity contribution in [2.24, 2.45) is 10.8 Å². The van der Waals surface area contributed by atoms with Gasteiger partial charge in [-0.05, 0) is 55.0 Å². The van der Waals surface area contributed by atoms with Crippen LogP contribution in [0.25, 0.3) is 0 Å². The molecule has 0 N–H and O–H groups in total. The van der Waals surface area contributed by atoms with Crippen LogP contribution in [0, 0.1) is 10.8 Å². The molecule has 1 heterocycles. The summed E-state index contributed by atoms with van der Waals surface area (Å²) in [5.41, 5.74) is 1.62. The Hall–Kier alpha value is -2.62. The van der Waals surface area contributed by atoms with Crippen molar-refractivity contribution in [3.63, 3.8) is 0 Å². The molecule has 10 heteroatoms. The van der Waals surface area contributed by atoms with E-state index in [2.05, 4.69) is 29.9 Å². The number of aromatic nitrogens is 1. The number of hydrogen-bond donors (Lipinski definition) is 0. The Morgan fingerprint density at radius 3 is 1.65 bits per heavy atom. The van der Waals surface area contributed by atoms with Crippen molar-refractivity contribution >= 4 is 44.9 Å². The van der Waals surface area contributed by atoms with Crippen LogP contribution in [0.4, 0.5) is 0 Å². The molecule has 0 atom stereocenters. The van der Waals surface area contributed by atoms with E-state index in [-0.39, 0.29) is 23.6 Å². The number of hydrogen-bond acceptors (Lipinski definition) is 7. The molecule has 7 nitrogen and oxygen atoms in total. The van der Waals surface area contributed by atoms with Crippen LogP contribution < -0.4 is 0 Å². The lowest BCUT2D eigenvalue weighted by atomic mass is 9.99. The summed E-state index contributed by atoms with van der Waals surface area (Å²) in [5, 5.41) is 0.804. The normalized spacial score (nSPS) is 11.0. The second-order valence-corrected chi connectivity index (χ2v) is 14.3. The van der Waals surface area contributed by atoms with Gasteiger partial charge in [0.15, 0.2) is 11.6 Å².